The van der Waals surface area contributed by atoms with Gasteiger partial charge in [-0.3, -0.25) is 0 Å². The Morgan fingerprint density at radius 2 is 1.69 bits per heavy atom. The summed E-state index contributed by atoms with van der Waals surface area (Å²) >= 11 is 0. The Labute approximate surface area is 79.8 Å². The van der Waals surface area contributed by atoms with Crippen LogP contribution < -0.4 is 4.90 Å². The van der Waals surface area contributed by atoms with Crippen LogP contribution in [0.1, 0.15) is 26.5 Å². The van der Waals surface area contributed by atoms with E-state index in [0.717, 1.165) is 11.5 Å². The lowest BCUT2D eigenvalue weighted by Gasteiger charge is -2.17. The zero-order valence-electron chi connectivity index (χ0n) is 9.00. The molecule has 0 saturated carbocycles. The topological polar surface area (TPSA) is 29.0 Å². The highest BCUT2D eigenvalue weighted by Gasteiger charge is 2.15. The minimum absolute atomic E-state index is 0.0812. The highest BCUT2D eigenvalue weighted by atomic mass is 15.2. The van der Waals surface area contributed by atoms with E-state index < -0.39 is 0 Å². The van der Waals surface area contributed by atoms with Crippen molar-refractivity contribution < 1.29 is 0 Å². The first-order valence-electron chi connectivity index (χ1n) is 4.43. The number of aromatic nitrogens is 2. The lowest BCUT2D eigenvalue weighted by Crippen LogP contribution is -2.17. The molecule has 0 radical (unpaired) electrons. The highest BCUT2D eigenvalue weighted by Crippen LogP contribution is 2.19. The van der Waals surface area contributed by atoms with Crippen LogP contribution in [0.15, 0.2) is 12.1 Å². The summed E-state index contributed by atoms with van der Waals surface area (Å²) in [6.45, 7) is 6.39. The van der Waals surface area contributed by atoms with Gasteiger partial charge in [0.2, 0.25) is 0 Å². The van der Waals surface area contributed by atoms with Gasteiger partial charge in [-0.1, -0.05) is 20.8 Å². The van der Waals surface area contributed by atoms with Crippen LogP contribution in [0.25, 0.3) is 0 Å². The van der Waals surface area contributed by atoms with Gasteiger partial charge in [-0.25, -0.2) is 0 Å². The minimum Gasteiger partial charge on any atom is -0.361 e. The van der Waals surface area contributed by atoms with E-state index in [-0.39, 0.29) is 5.41 Å². The molecular formula is C10H17N3. The van der Waals surface area contributed by atoms with Crippen molar-refractivity contribution in [3.63, 3.8) is 0 Å². The third-order valence-corrected chi connectivity index (χ3v) is 1.88. The number of hydrogen-bond donors (Lipinski definition) is 0. The first kappa shape index (κ1) is 9.96. The summed E-state index contributed by atoms with van der Waals surface area (Å²) in [5.74, 6) is 0.896. The van der Waals surface area contributed by atoms with Gasteiger partial charge in [0.25, 0.3) is 0 Å². The number of hydrogen-bond acceptors (Lipinski definition) is 3. The van der Waals surface area contributed by atoms with Crippen LogP contribution in [0, 0.1) is 0 Å². The standard InChI is InChI=1S/C10H17N3/c1-10(2,3)8-6-7-9(12-11-8)13(4)5/h6-7H,1-5H3. The van der Waals surface area contributed by atoms with Crippen molar-refractivity contribution in [2.75, 3.05) is 19.0 Å². The molecule has 0 N–H and O–H groups in total. The monoisotopic (exact) mass is 179 g/mol. The zero-order chi connectivity index (χ0) is 10.1. The second-order valence-corrected chi connectivity index (χ2v) is 4.42. The van der Waals surface area contributed by atoms with Gasteiger partial charge >= 0.3 is 0 Å². The lowest BCUT2D eigenvalue weighted by molar-refractivity contribution is 0.558. The molecule has 1 aromatic heterocycles. The van der Waals surface area contributed by atoms with E-state index in [9.17, 15) is 0 Å². The van der Waals surface area contributed by atoms with Gasteiger partial charge in [-0.2, -0.15) is 5.10 Å². The molecule has 0 aromatic carbocycles. The normalized spacial score (nSPS) is 11.5. The number of nitrogens with zero attached hydrogens (tertiary/aromatic N) is 3. The smallest absolute Gasteiger partial charge is 0.150 e. The van der Waals surface area contributed by atoms with Gasteiger partial charge in [0.1, 0.15) is 0 Å². The third-order valence-electron chi connectivity index (χ3n) is 1.88. The average Bonchev–Trinajstić information content (AvgIpc) is 2.03. The maximum atomic E-state index is 4.18. The summed E-state index contributed by atoms with van der Waals surface area (Å²) in [7, 11) is 3.92. The summed E-state index contributed by atoms with van der Waals surface area (Å²) in [5, 5.41) is 8.30. The van der Waals surface area contributed by atoms with E-state index in [1.807, 2.05) is 31.1 Å². The zero-order valence-corrected chi connectivity index (χ0v) is 9.00. The van der Waals surface area contributed by atoms with E-state index in [0.29, 0.717) is 0 Å². The molecular weight excluding hydrogens is 162 g/mol. The van der Waals surface area contributed by atoms with Gasteiger partial charge < -0.3 is 4.90 Å². The molecule has 0 aliphatic heterocycles. The molecule has 0 amide bonds. The molecule has 0 spiro atoms. The number of rotatable bonds is 1. The van der Waals surface area contributed by atoms with Crippen molar-refractivity contribution in [3.8, 4) is 0 Å². The second-order valence-electron chi connectivity index (χ2n) is 4.42. The Bertz CT molecular complexity index is 269. The SMILES string of the molecule is CN(C)c1ccc(C(C)(C)C)nn1. The molecule has 0 fully saturated rings. The first-order chi connectivity index (χ1) is 5.91. The first-order valence-corrected chi connectivity index (χ1v) is 4.43. The summed E-state index contributed by atoms with van der Waals surface area (Å²) in [5.41, 5.74) is 1.11. The molecule has 3 nitrogen and oxygen atoms in total. The van der Waals surface area contributed by atoms with Crippen molar-refractivity contribution in [3.05, 3.63) is 17.8 Å². The van der Waals surface area contributed by atoms with Crippen molar-refractivity contribution in [1.29, 1.82) is 0 Å². The molecule has 3 heteroatoms. The van der Waals surface area contributed by atoms with Crippen LogP contribution >= 0.6 is 0 Å². The molecule has 1 rings (SSSR count). The molecule has 0 saturated heterocycles. The van der Waals surface area contributed by atoms with E-state index in [4.69, 9.17) is 0 Å². The molecule has 1 heterocycles. The van der Waals surface area contributed by atoms with E-state index in [1.54, 1.807) is 0 Å². The Kier molecular flexibility index (Phi) is 2.55. The molecule has 72 valence electrons. The van der Waals surface area contributed by atoms with Crippen LogP contribution in [0.5, 0.6) is 0 Å². The Hall–Kier alpha value is -1.12. The van der Waals surface area contributed by atoms with Gasteiger partial charge in [-0.15, -0.1) is 5.10 Å². The quantitative estimate of drug-likeness (QED) is 0.658. The second kappa shape index (κ2) is 3.32. The fourth-order valence-electron chi connectivity index (χ4n) is 0.964. The molecule has 0 aliphatic rings. The van der Waals surface area contributed by atoms with E-state index in [2.05, 4.69) is 31.0 Å². The van der Waals surface area contributed by atoms with E-state index >= 15 is 0 Å². The fourth-order valence-corrected chi connectivity index (χ4v) is 0.964. The van der Waals surface area contributed by atoms with Crippen molar-refractivity contribution in [2.24, 2.45) is 0 Å². The van der Waals surface area contributed by atoms with Crippen LogP contribution in [0.4, 0.5) is 5.82 Å². The van der Waals surface area contributed by atoms with Gasteiger partial charge in [0.05, 0.1) is 5.69 Å². The summed E-state index contributed by atoms with van der Waals surface area (Å²) in [6.07, 6.45) is 0. The maximum absolute atomic E-state index is 4.18. The fraction of sp³-hybridized carbons (Fsp3) is 0.600. The van der Waals surface area contributed by atoms with Gasteiger partial charge in [0, 0.05) is 19.5 Å². The van der Waals surface area contributed by atoms with Crippen LogP contribution in [-0.2, 0) is 5.41 Å². The number of anilines is 1. The average molecular weight is 179 g/mol. The van der Waals surface area contributed by atoms with Crippen LogP contribution in [-0.4, -0.2) is 24.3 Å². The largest absolute Gasteiger partial charge is 0.361 e. The van der Waals surface area contributed by atoms with Crippen molar-refractivity contribution >= 4 is 5.82 Å². The van der Waals surface area contributed by atoms with E-state index in [1.165, 1.54) is 0 Å². The molecule has 0 aliphatic carbocycles. The molecule has 13 heavy (non-hydrogen) atoms. The molecule has 1 aromatic rings. The van der Waals surface area contributed by atoms with Crippen molar-refractivity contribution in [1.82, 2.24) is 10.2 Å². The summed E-state index contributed by atoms with van der Waals surface area (Å²) in [4.78, 5) is 1.94. The van der Waals surface area contributed by atoms with Gasteiger partial charge in [0.15, 0.2) is 5.82 Å². The molecule has 0 bridgehead atoms. The van der Waals surface area contributed by atoms with Gasteiger partial charge in [-0.05, 0) is 12.1 Å². The predicted octanol–water partition coefficient (Wildman–Crippen LogP) is 1.84. The minimum atomic E-state index is 0.0812. The van der Waals surface area contributed by atoms with Crippen molar-refractivity contribution in [2.45, 2.75) is 26.2 Å². The van der Waals surface area contributed by atoms with Crippen LogP contribution in [0.3, 0.4) is 0 Å². The predicted molar refractivity (Wildman–Crippen MR) is 55.1 cm³/mol. The summed E-state index contributed by atoms with van der Waals surface area (Å²) in [6, 6.07) is 4.02. The highest BCUT2D eigenvalue weighted by molar-refractivity contribution is 5.35. The Balaban J connectivity index is 2.94. The lowest BCUT2D eigenvalue weighted by atomic mass is 9.92. The van der Waals surface area contributed by atoms with Crippen LogP contribution in [0.2, 0.25) is 0 Å². The summed E-state index contributed by atoms with van der Waals surface area (Å²) < 4.78 is 0. The molecule has 0 atom stereocenters. The third kappa shape index (κ3) is 2.41. The molecule has 0 unspecified atom stereocenters. The maximum Gasteiger partial charge on any atom is 0.150 e. The Morgan fingerprint density at radius 3 is 2.00 bits per heavy atom. The Morgan fingerprint density at radius 1 is 1.08 bits per heavy atom.